The Hall–Kier alpha value is -2.34. The van der Waals surface area contributed by atoms with E-state index in [1.807, 2.05) is 49.1 Å². The third kappa shape index (κ3) is 4.07. The molecule has 6 heteroatoms. The molecule has 0 radical (unpaired) electrons. The molecule has 1 aromatic heterocycles. The van der Waals surface area contributed by atoms with Crippen LogP contribution in [0.5, 0.6) is 5.75 Å². The molecule has 1 amide bonds. The van der Waals surface area contributed by atoms with Crippen LogP contribution in [0.3, 0.4) is 0 Å². The zero-order chi connectivity index (χ0) is 18.5. The molecule has 2 heterocycles. The number of hydrogen-bond donors (Lipinski definition) is 1. The van der Waals surface area contributed by atoms with Gasteiger partial charge in [-0.05, 0) is 44.2 Å². The number of nitrogens with two attached hydrogens (primary N) is 1. The largest absolute Gasteiger partial charge is 0.489 e. The molecular formula is C20H28N4O2. The smallest absolute Gasteiger partial charge is 0.278 e. The SMILES string of the molecule is CCCOc1cn(-c2ccccc2)nc1C(=O)N1CCCC(C(C)N)C1. The number of rotatable bonds is 6. The zero-order valence-electron chi connectivity index (χ0n) is 15.6. The van der Waals surface area contributed by atoms with Gasteiger partial charge in [0.2, 0.25) is 0 Å². The van der Waals surface area contributed by atoms with Crippen molar-refractivity contribution in [3.8, 4) is 11.4 Å². The first-order valence-corrected chi connectivity index (χ1v) is 9.43. The van der Waals surface area contributed by atoms with Crippen molar-refractivity contribution in [3.63, 3.8) is 0 Å². The Morgan fingerprint density at radius 3 is 2.85 bits per heavy atom. The summed E-state index contributed by atoms with van der Waals surface area (Å²) in [5.74, 6) is 0.809. The minimum atomic E-state index is -0.0730. The summed E-state index contributed by atoms with van der Waals surface area (Å²) in [5.41, 5.74) is 7.35. The van der Waals surface area contributed by atoms with E-state index in [0.29, 0.717) is 30.5 Å². The molecule has 6 nitrogen and oxygen atoms in total. The summed E-state index contributed by atoms with van der Waals surface area (Å²) < 4.78 is 7.53. The number of nitrogens with zero attached hydrogens (tertiary/aromatic N) is 3. The highest BCUT2D eigenvalue weighted by Crippen LogP contribution is 2.25. The fraction of sp³-hybridized carbons (Fsp3) is 0.500. The van der Waals surface area contributed by atoms with Crippen molar-refractivity contribution >= 4 is 5.91 Å². The number of para-hydroxylation sites is 1. The summed E-state index contributed by atoms with van der Waals surface area (Å²) in [6, 6.07) is 9.85. The van der Waals surface area contributed by atoms with Gasteiger partial charge in [0.05, 0.1) is 18.5 Å². The average molecular weight is 356 g/mol. The summed E-state index contributed by atoms with van der Waals surface area (Å²) in [6.45, 7) is 6.04. The quantitative estimate of drug-likeness (QED) is 0.864. The van der Waals surface area contributed by atoms with Crippen LogP contribution in [0.4, 0.5) is 0 Å². The first-order valence-electron chi connectivity index (χ1n) is 9.43. The van der Waals surface area contributed by atoms with Crippen molar-refractivity contribution in [2.24, 2.45) is 11.7 Å². The summed E-state index contributed by atoms with van der Waals surface area (Å²) in [4.78, 5) is 15.0. The van der Waals surface area contributed by atoms with Gasteiger partial charge in [-0.25, -0.2) is 4.68 Å². The lowest BCUT2D eigenvalue weighted by Gasteiger charge is -2.34. The van der Waals surface area contributed by atoms with E-state index < -0.39 is 0 Å². The van der Waals surface area contributed by atoms with Gasteiger partial charge in [0, 0.05) is 19.1 Å². The Morgan fingerprint density at radius 1 is 1.38 bits per heavy atom. The van der Waals surface area contributed by atoms with Gasteiger partial charge >= 0.3 is 0 Å². The van der Waals surface area contributed by atoms with E-state index >= 15 is 0 Å². The van der Waals surface area contributed by atoms with Crippen molar-refractivity contribution in [3.05, 3.63) is 42.2 Å². The molecule has 140 valence electrons. The molecule has 3 rings (SSSR count). The van der Waals surface area contributed by atoms with Gasteiger partial charge in [0.25, 0.3) is 5.91 Å². The highest BCUT2D eigenvalue weighted by molar-refractivity contribution is 5.95. The molecule has 2 atom stereocenters. The lowest BCUT2D eigenvalue weighted by Crippen LogP contribution is -2.45. The minimum Gasteiger partial charge on any atom is -0.489 e. The van der Waals surface area contributed by atoms with E-state index in [1.165, 1.54) is 0 Å². The van der Waals surface area contributed by atoms with Crippen LogP contribution in [-0.2, 0) is 0 Å². The Bertz CT molecular complexity index is 727. The molecule has 1 aromatic carbocycles. The van der Waals surface area contributed by atoms with Gasteiger partial charge in [-0.2, -0.15) is 5.10 Å². The van der Waals surface area contributed by atoms with Crippen molar-refractivity contribution in [1.29, 1.82) is 0 Å². The third-order valence-electron chi connectivity index (χ3n) is 4.85. The maximum absolute atomic E-state index is 13.1. The second-order valence-electron chi connectivity index (χ2n) is 6.98. The number of hydrogen-bond acceptors (Lipinski definition) is 4. The summed E-state index contributed by atoms with van der Waals surface area (Å²) in [7, 11) is 0. The molecule has 1 saturated heterocycles. The first kappa shape index (κ1) is 18.5. The normalized spacial score (nSPS) is 18.6. The molecule has 0 aliphatic carbocycles. The monoisotopic (exact) mass is 356 g/mol. The van der Waals surface area contributed by atoms with Crippen LogP contribution in [0.1, 0.15) is 43.6 Å². The lowest BCUT2D eigenvalue weighted by atomic mass is 9.92. The van der Waals surface area contributed by atoms with Crippen molar-refractivity contribution < 1.29 is 9.53 Å². The predicted molar refractivity (Wildman–Crippen MR) is 102 cm³/mol. The van der Waals surface area contributed by atoms with Crippen LogP contribution in [0.2, 0.25) is 0 Å². The zero-order valence-corrected chi connectivity index (χ0v) is 15.6. The molecule has 26 heavy (non-hydrogen) atoms. The molecule has 0 saturated carbocycles. The molecule has 0 spiro atoms. The van der Waals surface area contributed by atoms with E-state index in [2.05, 4.69) is 5.10 Å². The fourth-order valence-electron chi connectivity index (χ4n) is 3.31. The van der Waals surface area contributed by atoms with Crippen LogP contribution in [0.15, 0.2) is 36.5 Å². The number of carbonyl (C=O) groups is 1. The molecule has 2 N–H and O–H groups in total. The number of carbonyl (C=O) groups excluding carboxylic acids is 1. The second-order valence-corrected chi connectivity index (χ2v) is 6.98. The lowest BCUT2D eigenvalue weighted by molar-refractivity contribution is 0.0650. The Kier molecular flexibility index (Phi) is 5.93. The summed E-state index contributed by atoms with van der Waals surface area (Å²) >= 11 is 0. The molecule has 1 aliphatic heterocycles. The standard InChI is InChI=1S/C20H28N4O2/c1-3-12-26-18-14-24(17-9-5-4-6-10-17)22-19(18)20(25)23-11-7-8-16(13-23)15(2)21/h4-6,9-10,14-16H,3,7-8,11-13,21H2,1-2H3. The van der Waals surface area contributed by atoms with Gasteiger partial charge in [-0.15, -0.1) is 0 Å². The van der Waals surface area contributed by atoms with Gasteiger partial charge in [0.1, 0.15) is 0 Å². The minimum absolute atomic E-state index is 0.0730. The van der Waals surface area contributed by atoms with Crippen LogP contribution in [0, 0.1) is 5.92 Å². The van der Waals surface area contributed by atoms with Crippen molar-refractivity contribution in [2.45, 2.75) is 39.2 Å². The highest BCUT2D eigenvalue weighted by Gasteiger charge is 2.30. The third-order valence-corrected chi connectivity index (χ3v) is 4.85. The summed E-state index contributed by atoms with van der Waals surface area (Å²) in [6.07, 6.45) is 4.72. The molecule has 1 fully saturated rings. The molecule has 1 aliphatic rings. The molecular weight excluding hydrogens is 328 g/mol. The Balaban J connectivity index is 1.87. The van der Waals surface area contributed by atoms with Gasteiger partial charge in [-0.3, -0.25) is 4.79 Å². The number of benzene rings is 1. The van der Waals surface area contributed by atoms with Crippen LogP contribution in [0.25, 0.3) is 5.69 Å². The average Bonchev–Trinajstić information content (AvgIpc) is 3.10. The van der Waals surface area contributed by atoms with Crippen molar-refractivity contribution in [1.82, 2.24) is 14.7 Å². The van der Waals surface area contributed by atoms with Crippen LogP contribution in [-0.4, -0.2) is 46.3 Å². The predicted octanol–water partition coefficient (Wildman–Crippen LogP) is 2.86. The molecule has 2 unspecified atom stereocenters. The van der Waals surface area contributed by atoms with E-state index in [1.54, 1.807) is 10.9 Å². The van der Waals surface area contributed by atoms with E-state index in [9.17, 15) is 4.79 Å². The maximum Gasteiger partial charge on any atom is 0.278 e. The maximum atomic E-state index is 13.1. The number of ether oxygens (including phenoxy) is 1. The molecule has 2 aromatic rings. The van der Waals surface area contributed by atoms with Crippen LogP contribution >= 0.6 is 0 Å². The number of amides is 1. The number of piperidine rings is 1. The summed E-state index contributed by atoms with van der Waals surface area (Å²) in [5, 5.41) is 4.55. The van der Waals surface area contributed by atoms with E-state index in [0.717, 1.165) is 31.5 Å². The first-order chi connectivity index (χ1) is 12.6. The van der Waals surface area contributed by atoms with Gasteiger partial charge < -0.3 is 15.4 Å². The highest BCUT2D eigenvalue weighted by atomic mass is 16.5. The Morgan fingerprint density at radius 2 is 2.15 bits per heavy atom. The number of aromatic nitrogens is 2. The van der Waals surface area contributed by atoms with E-state index in [4.69, 9.17) is 10.5 Å². The van der Waals surface area contributed by atoms with Gasteiger partial charge in [0.15, 0.2) is 11.4 Å². The Labute approximate surface area is 154 Å². The van der Waals surface area contributed by atoms with Crippen molar-refractivity contribution in [2.75, 3.05) is 19.7 Å². The second kappa shape index (κ2) is 8.36. The number of likely N-dealkylation sites (tertiary alicyclic amines) is 1. The molecule has 0 bridgehead atoms. The topological polar surface area (TPSA) is 73.4 Å². The van der Waals surface area contributed by atoms with Gasteiger partial charge in [-0.1, -0.05) is 25.1 Å². The fourth-order valence-corrected chi connectivity index (χ4v) is 3.31. The van der Waals surface area contributed by atoms with E-state index in [-0.39, 0.29) is 11.9 Å². The van der Waals surface area contributed by atoms with Crippen LogP contribution < -0.4 is 10.5 Å².